The molecule has 0 radical (unpaired) electrons. The summed E-state index contributed by atoms with van der Waals surface area (Å²) in [6.07, 6.45) is 3.34. The Bertz CT molecular complexity index is 1000. The highest BCUT2D eigenvalue weighted by Gasteiger charge is 2.26. The number of nitrogens with one attached hydrogen (secondary N) is 1. The Kier molecular flexibility index (Phi) is 6.09. The van der Waals surface area contributed by atoms with Crippen LogP contribution in [0.3, 0.4) is 0 Å². The molecule has 3 aromatic rings. The SMILES string of the molecule is Cc1nc(Nc2cccc(N(C)C)c2)cc(N2CCCC2Cc2ccc(Cl)cc2)n1. The van der Waals surface area contributed by atoms with Gasteiger partial charge in [0, 0.05) is 49.1 Å². The summed E-state index contributed by atoms with van der Waals surface area (Å²) in [5, 5.41) is 4.24. The first-order chi connectivity index (χ1) is 14.5. The van der Waals surface area contributed by atoms with E-state index >= 15 is 0 Å². The number of nitrogens with zero attached hydrogens (tertiary/aromatic N) is 4. The lowest BCUT2D eigenvalue weighted by Crippen LogP contribution is -2.32. The van der Waals surface area contributed by atoms with Crippen molar-refractivity contribution in [1.82, 2.24) is 9.97 Å². The first-order valence-electron chi connectivity index (χ1n) is 10.4. The molecular weight excluding hydrogens is 394 g/mol. The van der Waals surface area contributed by atoms with Crippen LogP contribution in [-0.2, 0) is 6.42 Å². The lowest BCUT2D eigenvalue weighted by Gasteiger charge is -2.26. The summed E-state index contributed by atoms with van der Waals surface area (Å²) in [6.45, 7) is 2.97. The van der Waals surface area contributed by atoms with Gasteiger partial charge in [0.05, 0.1) is 0 Å². The molecule has 0 spiro atoms. The predicted octanol–water partition coefficient (Wildman–Crippen LogP) is 5.46. The fourth-order valence-corrected chi connectivity index (χ4v) is 4.14. The van der Waals surface area contributed by atoms with E-state index in [9.17, 15) is 0 Å². The quantitative estimate of drug-likeness (QED) is 0.572. The topological polar surface area (TPSA) is 44.3 Å². The van der Waals surface area contributed by atoms with Crippen LogP contribution in [0.5, 0.6) is 0 Å². The molecule has 1 aliphatic heterocycles. The Morgan fingerprint density at radius 2 is 1.90 bits per heavy atom. The number of hydrogen-bond acceptors (Lipinski definition) is 5. The summed E-state index contributed by atoms with van der Waals surface area (Å²) in [7, 11) is 4.08. The van der Waals surface area contributed by atoms with Gasteiger partial charge in [0.15, 0.2) is 0 Å². The third-order valence-corrected chi connectivity index (χ3v) is 5.77. The van der Waals surface area contributed by atoms with Crippen LogP contribution in [0.15, 0.2) is 54.6 Å². The third kappa shape index (κ3) is 4.85. The Labute approximate surface area is 183 Å². The van der Waals surface area contributed by atoms with Gasteiger partial charge >= 0.3 is 0 Å². The standard InChI is InChI=1S/C24H28ClN5/c1-17-26-23(28-20-6-4-7-21(15-20)29(2)3)16-24(27-17)30-13-5-8-22(30)14-18-9-11-19(25)12-10-18/h4,6-7,9-12,15-16,22H,5,8,13-14H2,1-3H3,(H,26,27,28). The average molecular weight is 422 g/mol. The van der Waals surface area contributed by atoms with E-state index in [-0.39, 0.29) is 0 Å². The maximum Gasteiger partial charge on any atom is 0.136 e. The monoisotopic (exact) mass is 421 g/mol. The summed E-state index contributed by atoms with van der Waals surface area (Å²) in [4.78, 5) is 13.9. The molecule has 2 aromatic carbocycles. The van der Waals surface area contributed by atoms with Crippen molar-refractivity contribution in [2.45, 2.75) is 32.2 Å². The number of benzene rings is 2. The van der Waals surface area contributed by atoms with Crippen LogP contribution >= 0.6 is 11.6 Å². The fourth-order valence-electron chi connectivity index (χ4n) is 4.01. The molecule has 1 fully saturated rings. The van der Waals surface area contributed by atoms with Gasteiger partial charge in [-0.15, -0.1) is 0 Å². The smallest absolute Gasteiger partial charge is 0.136 e. The lowest BCUT2D eigenvalue weighted by atomic mass is 10.0. The zero-order valence-corrected chi connectivity index (χ0v) is 18.5. The maximum atomic E-state index is 6.04. The third-order valence-electron chi connectivity index (χ3n) is 5.52. The van der Waals surface area contributed by atoms with E-state index in [0.29, 0.717) is 6.04 Å². The maximum absolute atomic E-state index is 6.04. The number of hydrogen-bond donors (Lipinski definition) is 1. The second-order valence-electron chi connectivity index (χ2n) is 8.05. The molecule has 0 amide bonds. The van der Waals surface area contributed by atoms with E-state index in [1.807, 2.05) is 33.2 Å². The summed E-state index contributed by atoms with van der Waals surface area (Å²) in [6, 6.07) is 19.0. The van der Waals surface area contributed by atoms with E-state index in [0.717, 1.165) is 46.8 Å². The minimum absolute atomic E-state index is 0.436. The predicted molar refractivity (Wildman–Crippen MR) is 126 cm³/mol. The number of rotatable bonds is 6. The van der Waals surface area contributed by atoms with Gasteiger partial charge in [-0.25, -0.2) is 9.97 Å². The van der Waals surface area contributed by atoms with Gasteiger partial charge < -0.3 is 15.1 Å². The first-order valence-corrected chi connectivity index (χ1v) is 10.8. The van der Waals surface area contributed by atoms with Crippen LogP contribution in [0.25, 0.3) is 0 Å². The van der Waals surface area contributed by atoms with Crippen molar-refractivity contribution in [1.29, 1.82) is 0 Å². The number of anilines is 4. The van der Waals surface area contributed by atoms with Crippen molar-refractivity contribution in [3.8, 4) is 0 Å². The zero-order valence-electron chi connectivity index (χ0n) is 17.8. The first kappa shape index (κ1) is 20.5. The Balaban J connectivity index is 1.54. The molecule has 2 heterocycles. The fraction of sp³-hybridized carbons (Fsp3) is 0.333. The summed E-state index contributed by atoms with van der Waals surface area (Å²) in [5.41, 5.74) is 3.47. The van der Waals surface area contributed by atoms with Crippen LogP contribution in [0, 0.1) is 6.92 Å². The van der Waals surface area contributed by atoms with Crippen molar-refractivity contribution in [2.75, 3.05) is 35.8 Å². The van der Waals surface area contributed by atoms with Crippen LogP contribution in [0.1, 0.15) is 24.2 Å². The van der Waals surface area contributed by atoms with Gasteiger partial charge in [0.25, 0.3) is 0 Å². The number of halogens is 1. The van der Waals surface area contributed by atoms with E-state index in [4.69, 9.17) is 16.6 Å². The molecule has 30 heavy (non-hydrogen) atoms. The Hall–Kier alpha value is -2.79. The van der Waals surface area contributed by atoms with Gasteiger partial charge in [-0.2, -0.15) is 0 Å². The van der Waals surface area contributed by atoms with E-state index in [1.165, 1.54) is 18.4 Å². The summed E-state index contributed by atoms with van der Waals surface area (Å²) < 4.78 is 0. The van der Waals surface area contributed by atoms with Crippen molar-refractivity contribution in [2.24, 2.45) is 0 Å². The molecule has 156 valence electrons. The molecule has 1 atom stereocenters. The zero-order chi connectivity index (χ0) is 21.1. The van der Waals surface area contributed by atoms with Gasteiger partial charge in [0.1, 0.15) is 17.5 Å². The minimum Gasteiger partial charge on any atom is -0.378 e. The number of aromatic nitrogens is 2. The molecule has 0 aliphatic carbocycles. The van der Waals surface area contributed by atoms with E-state index < -0.39 is 0 Å². The molecule has 1 N–H and O–H groups in total. The average Bonchev–Trinajstić information content (AvgIpc) is 3.17. The molecule has 5 nitrogen and oxygen atoms in total. The van der Waals surface area contributed by atoms with Gasteiger partial charge in [-0.1, -0.05) is 29.8 Å². The molecule has 0 saturated carbocycles. The highest BCUT2D eigenvalue weighted by atomic mass is 35.5. The van der Waals surface area contributed by atoms with Crippen molar-refractivity contribution in [3.05, 3.63) is 71.0 Å². The van der Waals surface area contributed by atoms with Crippen molar-refractivity contribution >= 4 is 34.6 Å². The largest absolute Gasteiger partial charge is 0.378 e. The van der Waals surface area contributed by atoms with Gasteiger partial charge in [-0.3, -0.25) is 0 Å². The summed E-state index contributed by atoms with van der Waals surface area (Å²) in [5.74, 6) is 2.59. The van der Waals surface area contributed by atoms with Gasteiger partial charge in [0.2, 0.25) is 0 Å². The minimum atomic E-state index is 0.436. The van der Waals surface area contributed by atoms with Crippen LogP contribution in [0.2, 0.25) is 5.02 Å². The molecule has 4 rings (SSSR count). The van der Waals surface area contributed by atoms with Crippen LogP contribution in [-0.4, -0.2) is 36.6 Å². The second kappa shape index (κ2) is 8.92. The van der Waals surface area contributed by atoms with Crippen molar-refractivity contribution in [3.63, 3.8) is 0 Å². The number of aryl methyl sites for hydroxylation is 1. The molecule has 0 bridgehead atoms. The second-order valence-corrected chi connectivity index (χ2v) is 8.48. The molecule has 1 unspecified atom stereocenters. The van der Waals surface area contributed by atoms with Gasteiger partial charge in [-0.05, 0) is 62.1 Å². The molecule has 6 heteroatoms. The highest BCUT2D eigenvalue weighted by Crippen LogP contribution is 2.29. The Morgan fingerprint density at radius 1 is 1.10 bits per heavy atom. The highest BCUT2D eigenvalue weighted by molar-refractivity contribution is 6.30. The summed E-state index contributed by atoms with van der Waals surface area (Å²) >= 11 is 6.04. The lowest BCUT2D eigenvalue weighted by molar-refractivity contribution is 0.656. The molecule has 1 aromatic heterocycles. The van der Waals surface area contributed by atoms with Crippen LogP contribution in [0.4, 0.5) is 23.0 Å². The molecular formula is C24H28ClN5. The molecule has 1 aliphatic rings. The normalized spacial score (nSPS) is 16.0. The van der Waals surface area contributed by atoms with Crippen LogP contribution < -0.4 is 15.1 Å². The van der Waals surface area contributed by atoms with Crippen molar-refractivity contribution < 1.29 is 0 Å². The Morgan fingerprint density at radius 3 is 2.67 bits per heavy atom. The van der Waals surface area contributed by atoms with E-state index in [2.05, 4.69) is 62.6 Å². The van der Waals surface area contributed by atoms with E-state index in [1.54, 1.807) is 0 Å². The molecule has 1 saturated heterocycles.